The molecule has 0 heterocycles. The van der Waals surface area contributed by atoms with Gasteiger partial charge in [0.1, 0.15) is 5.75 Å². The zero-order valence-corrected chi connectivity index (χ0v) is 9.94. The van der Waals surface area contributed by atoms with Gasteiger partial charge in [0.15, 0.2) is 0 Å². The lowest BCUT2D eigenvalue weighted by atomic mass is 10.2. The van der Waals surface area contributed by atoms with Crippen molar-refractivity contribution in [2.24, 2.45) is 5.73 Å². The number of benzene rings is 1. The summed E-state index contributed by atoms with van der Waals surface area (Å²) in [4.78, 5) is 0. The van der Waals surface area contributed by atoms with Crippen LogP contribution in [0.25, 0.3) is 0 Å². The van der Waals surface area contributed by atoms with Crippen molar-refractivity contribution < 1.29 is 17.9 Å². The summed E-state index contributed by atoms with van der Waals surface area (Å²) in [6, 6.07) is 5.02. The van der Waals surface area contributed by atoms with Gasteiger partial charge >= 0.3 is 6.18 Å². The molecule has 0 atom stereocenters. The van der Waals surface area contributed by atoms with Gasteiger partial charge in [0.2, 0.25) is 0 Å². The van der Waals surface area contributed by atoms with Crippen LogP contribution < -0.4 is 10.5 Å². The van der Waals surface area contributed by atoms with Gasteiger partial charge in [-0.25, -0.2) is 0 Å². The van der Waals surface area contributed by atoms with Crippen molar-refractivity contribution in [3.8, 4) is 5.75 Å². The molecule has 0 aliphatic rings. The third kappa shape index (κ3) is 4.40. The topological polar surface area (TPSA) is 35.2 Å². The van der Waals surface area contributed by atoms with Crippen LogP contribution in [0.15, 0.2) is 22.7 Å². The third-order valence-electron chi connectivity index (χ3n) is 1.89. The lowest BCUT2D eigenvalue weighted by Gasteiger charge is -2.11. The molecule has 0 aliphatic heterocycles. The van der Waals surface area contributed by atoms with Gasteiger partial charge in [-0.2, -0.15) is 13.2 Å². The maximum absolute atomic E-state index is 11.9. The molecule has 1 aromatic rings. The SMILES string of the molecule is NCc1cc(Br)ccc1OCCC(F)(F)F. The minimum absolute atomic E-state index is 0.223. The van der Waals surface area contributed by atoms with E-state index in [4.69, 9.17) is 10.5 Å². The number of ether oxygens (including phenoxy) is 1. The summed E-state index contributed by atoms with van der Waals surface area (Å²) in [5.41, 5.74) is 6.13. The predicted molar refractivity (Wildman–Crippen MR) is 58.2 cm³/mol. The van der Waals surface area contributed by atoms with E-state index in [9.17, 15) is 13.2 Å². The lowest BCUT2D eigenvalue weighted by Crippen LogP contribution is -2.13. The van der Waals surface area contributed by atoms with E-state index in [2.05, 4.69) is 15.9 Å². The molecule has 0 radical (unpaired) electrons. The standard InChI is InChI=1S/C10H11BrF3NO/c11-8-1-2-9(7(5-8)6-15)16-4-3-10(12,13)14/h1-2,5H,3-4,6,15H2. The van der Waals surface area contributed by atoms with Gasteiger partial charge in [0, 0.05) is 16.6 Å². The van der Waals surface area contributed by atoms with Crippen LogP contribution in [-0.4, -0.2) is 12.8 Å². The molecule has 0 bridgehead atoms. The van der Waals surface area contributed by atoms with Gasteiger partial charge in [-0.15, -0.1) is 0 Å². The molecule has 0 saturated carbocycles. The Bertz CT molecular complexity index is 354. The van der Waals surface area contributed by atoms with Gasteiger partial charge in [-0.1, -0.05) is 15.9 Å². The third-order valence-corrected chi connectivity index (χ3v) is 2.38. The van der Waals surface area contributed by atoms with Crippen molar-refractivity contribution in [2.45, 2.75) is 19.1 Å². The molecule has 2 nitrogen and oxygen atoms in total. The number of rotatable bonds is 4. The fourth-order valence-corrected chi connectivity index (χ4v) is 1.53. The van der Waals surface area contributed by atoms with Crippen molar-refractivity contribution in [2.75, 3.05) is 6.61 Å². The lowest BCUT2D eigenvalue weighted by molar-refractivity contribution is -0.139. The Kier molecular flexibility index (Phi) is 4.61. The van der Waals surface area contributed by atoms with Crippen molar-refractivity contribution in [3.05, 3.63) is 28.2 Å². The van der Waals surface area contributed by atoms with Gasteiger partial charge in [-0.05, 0) is 18.2 Å². The highest BCUT2D eigenvalue weighted by molar-refractivity contribution is 9.10. The molecule has 90 valence electrons. The summed E-state index contributed by atoms with van der Waals surface area (Å²) in [5.74, 6) is 0.398. The summed E-state index contributed by atoms with van der Waals surface area (Å²) in [5, 5.41) is 0. The van der Waals surface area contributed by atoms with Gasteiger partial charge in [0.25, 0.3) is 0 Å². The molecular weight excluding hydrogens is 287 g/mol. The Balaban J connectivity index is 2.60. The number of hydrogen-bond acceptors (Lipinski definition) is 2. The maximum Gasteiger partial charge on any atom is 0.392 e. The second kappa shape index (κ2) is 5.54. The van der Waals surface area contributed by atoms with Crippen LogP contribution in [0.4, 0.5) is 13.2 Å². The molecule has 2 N–H and O–H groups in total. The predicted octanol–water partition coefficient (Wildman–Crippen LogP) is 3.24. The van der Waals surface area contributed by atoms with Gasteiger partial charge in [-0.3, -0.25) is 0 Å². The monoisotopic (exact) mass is 297 g/mol. The quantitative estimate of drug-likeness (QED) is 0.926. The highest BCUT2D eigenvalue weighted by Crippen LogP contribution is 2.24. The minimum Gasteiger partial charge on any atom is -0.493 e. The summed E-state index contributed by atoms with van der Waals surface area (Å²) < 4.78 is 41.5. The van der Waals surface area contributed by atoms with E-state index >= 15 is 0 Å². The van der Waals surface area contributed by atoms with E-state index in [1.807, 2.05) is 0 Å². The van der Waals surface area contributed by atoms with Crippen molar-refractivity contribution in [1.82, 2.24) is 0 Å². The average Bonchev–Trinajstić information content (AvgIpc) is 2.18. The van der Waals surface area contributed by atoms with Gasteiger partial charge in [0.05, 0.1) is 13.0 Å². The van der Waals surface area contributed by atoms with Crippen LogP contribution >= 0.6 is 15.9 Å². The van der Waals surface area contributed by atoms with Crippen LogP contribution in [0.2, 0.25) is 0 Å². The largest absolute Gasteiger partial charge is 0.493 e. The van der Waals surface area contributed by atoms with Crippen LogP contribution in [0, 0.1) is 0 Å². The Morgan fingerprint density at radius 3 is 2.56 bits per heavy atom. The second-order valence-electron chi connectivity index (χ2n) is 3.17. The molecule has 0 saturated heterocycles. The molecular formula is C10H11BrF3NO. The fraction of sp³-hybridized carbons (Fsp3) is 0.400. The highest BCUT2D eigenvalue weighted by atomic mass is 79.9. The van der Waals surface area contributed by atoms with E-state index < -0.39 is 19.2 Å². The first-order chi connectivity index (χ1) is 7.42. The van der Waals surface area contributed by atoms with Crippen molar-refractivity contribution in [3.63, 3.8) is 0 Å². The smallest absolute Gasteiger partial charge is 0.392 e. The molecule has 1 aromatic carbocycles. The summed E-state index contributed by atoms with van der Waals surface area (Å²) in [6.45, 7) is -0.168. The number of hydrogen-bond donors (Lipinski definition) is 1. The molecule has 6 heteroatoms. The maximum atomic E-state index is 11.9. The first kappa shape index (κ1) is 13.3. The molecule has 0 aliphatic carbocycles. The van der Waals surface area contributed by atoms with E-state index in [0.717, 1.165) is 4.47 Å². The number of halogens is 4. The zero-order chi connectivity index (χ0) is 12.2. The van der Waals surface area contributed by atoms with E-state index in [-0.39, 0.29) is 6.54 Å². The van der Waals surface area contributed by atoms with Crippen LogP contribution in [0.3, 0.4) is 0 Å². The van der Waals surface area contributed by atoms with Crippen LogP contribution in [0.5, 0.6) is 5.75 Å². The number of alkyl halides is 3. The van der Waals surface area contributed by atoms with E-state index in [1.165, 1.54) is 0 Å². The first-order valence-corrected chi connectivity index (χ1v) is 5.40. The second-order valence-corrected chi connectivity index (χ2v) is 4.09. The van der Waals surface area contributed by atoms with E-state index in [0.29, 0.717) is 11.3 Å². The molecule has 0 unspecified atom stereocenters. The zero-order valence-electron chi connectivity index (χ0n) is 8.35. The Morgan fingerprint density at radius 2 is 2.00 bits per heavy atom. The van der Waals surface area contributed by atoms with E-state index in [1.54, 1.807) is 18.2 Å². The molecule has 16 heavy (non-hydrogen) atoms. The Hall–Kier alpha value is -0.750. The summed E-state index contributed by atoms with van der Waals surface area (Å²) in [7, 11) is 0. The Morgan fingerprint density at radius 1 is 1.31 bits per heavy atom. The van der Waals surface area contributed by atoms with Crippen molar-refractivity contribution in [1.29, 1.82) is 0 Å². The molecule has 0 fully saturated rings. The first-order valence-electron chi connectivity index (χ1n) is 4.60. The average molecular weight is 298 g/mol. The fourth-order valence-electron chi connectivity index (χ4n) is 1.13. The highest BCUT2D eigenvalue weighted by Gasteiger charge is 2.26. The molecule has 1 rings (SSSR count). The minimum atomic E-state index is -4.20. The summed E-state index contributed by atoms with van der Waals surface area (Å²) >= 11 is 3.25. The Labute approximate surface area is 99.7 Å². The normalized spacial score (nSPS) is 11.6. The van der Waals surface area contributed by atoms with Crippen LogP contribution in [0.1, 0.15) is 12.0 Å². The van der Waals surface area contributed by atoms with Crippen molar-refractivity contribution >= 4 is 15.9 Å². The number of nitrogens with two attached hydrogens (primary N) is 1. The summed E-state index contributed by atoms with van der Waals surface area (Å²) in [6.07, 6.45) is -5.16. The molecule has 0 aromatic heterocycles. The van der Waals surface area contributed by atoms with Gasteiger partial charge < -0.3 is 10.5 Å². The molecule has 0 amide bonds. The van der Waals surface area contributed by atoms with Crippen LogP contribution in [-0.2, 0) is 6.54 Å². The molecule has 0 spiro atoms.